The quantitative estimate of drug-likeness (QED) is 0.324. The molecule has 0 saturated carbocycles. The van der Waals surface area contributed by atoms with Crippen LogP contribution in [0.15, 0.2) is 60.7 Å². The van der Waals surface area contributed by atoms with Crippen LogP contribution in [0.5, 0.6) is 5.75 Å². The van der Waals surface area contributed by atoms with Gasteiger partial charge in [-0.2, -0.15) is 0 Å². The van der Waals surface area contributed by atoms with Gasteiger partial charge in [0.1, 0.15) is 11.6 Å². The first-order valence-corrected chi connectivity index (χ1v) is 10.1. The highest BCUT2D eigenvalue weighted by atomic mass is 35.5. The van der Waals surface area contributed by atoms with Crippen molar-refractivity contribution in [3.63, 3.8) is 0 Å². The van der Waals surface area contributed by atoms with Gasteiger partial charge in [0, 0.05) is 31.3 Å². The molecule has 3 aromatic rings. The number of benzene rings is 3. The van der Waals surface area contributed by atoms with E-state index in [4.69, 9.17) is 21.1 Å². The summed E-state index contributed by atoms with van der Waals surface area (Å²) in [6.45, 7) is 3.74. The molecule has 0 bridgehead atoms. The van der Waals surface area contributed by atoms with Crippen LogP contribution < -0.4 is 4.74 Å². The van der Waals surface area contributed by atoms with E-state index >= 15 is 0 Å². The number of esters is 1. The molecule has 0 N–H and O–H groups in total. The number of morpholine rings is 1. The Balaban J connectivity index is 1.57. The van der Waals surface area contributed by atoms with Gasteiger partial charge in [-0.1, -0.05) is 48.0 Å². The highest BCUT2D eigenvalue weighted by Gasteiger charge is 2.17. The second kappa shape index (κ2) is 9.39. The number of carbonyl (C=O) groups is 1. The van der Waals surface area contributed by atoms with E-state index in [-0.39, 0.29) is 5.02 Å². The van der Waals surface area contributed by atoms with Crippen molar-refractivity contribution in [3.05, 3.63) is 82.6 Å². The molecule has 4 nitrogen and oxygen atoms in total. The Morgan fingerprint density at radius 2 is 1.93 bits per heavy atom. The average molecular weight is 426 g/mol. The molecule has 3 aromatic carbocycles. The smallest absolute Gasteiger partial charge is 0.336 e. The first kappa shape index (κ1) is 20.5. The second-order valence-electron chi connectivity index (χ2n) is 7.08. The molecule has 4 rings (SSSR count). The Kier molecular flexibility index (Phi) is 6.43. The molecule has 0 amide bonds. The molecular formula is C24H21ClFNO3. The number of carbonyl (C=O) groups excluding carboxylic acids is 1. The first-order valence-electron chi connectivity index (χ1n) is 9.76. The lowest BCUT2D eigenvalue weighted by Gasteiger charge is -2.27. The average Bonchev–Trinajstić information content (AvgIpc) is 2.77. The van der Waals surface area contributed by atoms with Crippen LogP contribution >= 0.6 is 11.6 Å². The van der Waals surface area contributed by atoms with E-state index in [0.717, 1.165) is 29.4 Å². The van der Waals surface area contributed by atoms with Gasteiger partial charge >= 0.3 is 5.97 Å². The van der Waals surface area contributed by atoms with Crippen LogP contribution in [0.3, 0.4) is 0 Å². The lowest BCUT2D eigenvalue weighted by atomic mass is 10.0. The maximum absolute atomic E-state index is 13.3. The number of hydrogen-bond donors (Lipinski definition) is 0. The molecule has 154 valence electrons. The maximum atomic E-state index is 13.3. The van der Waals surface area contributed by atoms with E-state index in [1.54, 1.807) is 12.1 Å². The molecule has 1 heterocycles. The minimum absolute atomic E-state index is 0.00726. The Morgan fingerprint density at radius 3 is 2.73 bits per heavy atom. The standard InChI is InChI=1S/C24H21ClFNO3/c25-21-15-17(5-8-22(21)26)6-10-24(28)30-23-9-7-18-3-1-2-4-19(18)20(23)16-27-11-13-29-14-12-27/h1-10,15H,11-14,16H2/b10-6+. The van der Waals surface area contributed by atoms with Gasteiger partial charge in [0.2, 0.25) is 0 Å². The third-order valence-corrected chi connectivity index (χ3v) is 5.34. The summed E-state index contributed by atoms with van der Waals surface area (Å²) >= 11 is 5.79. The van der Waals surface area contributed by atoms with E-state index in [9.17, 15) is 9.18 Å². The molecular weight excluding hydrogens is 405 g/mol. The maximum Gasteiger partial charge on any atom is 0.336 e. The zero-order valence-electron chi connectivity index (χ0n) is 16.3. The number of ether oxygens (including phenoxy) is 2. The van der Waals surface area contributed by atoms with Gasteiger partial charge in [0.25, 0.3) is 0 Å². The normalized spacial score (nSPS) is 15.0. The van der Waals surface area contributed by atoms with E-state index in [0.29, 0.717) is 31.1 Å². The second-order valence-corrected chi connectivity index (χ2v) is 7.49. The van der Waals surface area contributed by atoms with Gasteiger partial charge < -0.3 is 9.47 Å². The fourth-order valence-electron chi connectivity index (χ4n) is 3.48. The van der Waals surface area contributed by atoms with Gasteiger partial charge in [-0.05, 0) is 40.6 Å². The molecule has 0 unspecified atom stereocenters. The molecule has 6 heteroatoms. The van der Waals surface area contributed by atoms with Gasteiger partial charge in [0.15, 0.2) is 0 Å². The summed E-state index contributed by atoms with van der Waals surface area (Å²) in [7, 11) is 0. The predicted molar refractivity (Wildman–Crippen MR) is 116 cm³/mol. The van der Waals surface area contributed by atoms with Crippen molar-refractivity contribution in [1.82, 2.24) is 4.90 Å². The zero-order chi connectivity index (χ0) is 20.9. The minimum Gasteiger partial charge on any atom is -0.423 e. The lowest BCUT2D eigenvalue weighted by molar-refractivity contribution is -0.128. The van der Waals surface area contributed by atoms with Gasteiger partial charge in [-0.15, -0.1) is 0 Å². The largest absolute Gasteiger partial charge is 0.423 e. The highest BCUT2D eigenvalue weighted by Crippen LogP contribution is 2.30. The Labute approximate surface area is 179 Å². The SMILES string of the molecule is O=C(/C=C/c1ccc(F)c(Cl)c1)Oc1ccc2ccccc2c1CN1CCOCC1. The molecule has 1 aliphatic heterocycles. The van der Waals surface area contributed by atoms with Crippen molar-refractivity contribution in [3.8, 4) is 5.75 Å². The fraction of sp³-hybridized carbons (Fsp3) is 0.208. The Morgan fingerprint density at radius 1 is 1.13 bits per heavy atom. The van der Waals surface area contributed by atoms with Crippen molar-refractivity contribution >= 4 is 34.4 Å². The molecule has 0 aliphatic carbocycles. The number of rotatable bonds is 5. The highest BCUT2D eigenvalue weighted by molar-refractivity contribution is 6.30. The molecule has 0 radical (unpaired) electrons. The third kappa shape index (κ3) is 4.87. The third-order valence-electron chi connectivity index (χ3n) is 5.05. The van der Waals surface area contributed by atoms with Crippen LogP contribution in [0, 0.1) is 5.82 Å². The van der Waals surface area contributed by atoms with Crippen molar-refractivity contribution < 1.29 is 18.7 Å². The van der Waals surface area contributed by atoms with Crippen LogP contribution in [-0.4, -0.2) is 37.2 Å². The monoisotopic (exact) mass is 425 g/mol. The summed E-state index contributed by atoms with van der Waals surface area (Å²) in [6, 6.07) is 16.1. The molecule has 1 fully saturated rings. The van der Waals surface area contributed by atoms with Crippen LogP contribution in [0.1, 0.15) is 11.1 Å². The summed E-state index contributed by atoms with van der Waals surface area (Å²) < 4.78 is 24.4. The Hall–Kier alpha value is -2.73. The van der Waals surface area contributed by atoms with Crippen LogP contribution in [0.4, 0.5) is 4.39 Å². The molecule has 0 atom stereocenters. The number of fused-ring (bicyclic) bond motifs is 1. The topological polar surface area (TPSA) is 38.8 Å². The Bertz CT molecular complexity index is 1090. The van der Waals surface area contributed by atoms with Crippen LogP contribution in [-0.2, 0) is 16.1 Å². The summed E-state index contributed by atoms with van der Waals surface area (Å²) in [5, 5.41) is 2.16. The molecule has 30 heavy (non-hydrogen) atoms. The van der Waals surface area contributed by atoms with Crippen molar-refractivity contribution in [2.45, 2.75) is 6.54 Å². The predicted octanol–water partition coefficient (Wildman–Crippen LogP) is 5.08. The van der Waals surface area contributed by atoms with Crippen LogP contribution in [0.2, 0.25) is 5.02 Å². The molecule has 0 aromatic heterocycles. The number of nitrogens with zero attached hydrogens (tertiary/aromatic N) is 1. The lowest BCUT2D eigenvalue weighted by Crippen LogP contribution is -2.35. The fourth-order valence-corrected chi connectivity index (χ4v) is 3.67. The first-order chi connectivity index (χ1) is 14.6. The van der Waals surface area contributed by atoms with Crippen molar-refractivity contribution in [2.24, 2.45) is 0 Å². The molecule has 1 saturated heterocycles. The van der Waals surface area contributed by atoms with E-state index in [2.05, 4.69) is 4.90 Å². The summed E-state index contributed by atoms with van der Waals surface area (Å²) in [6.07, 6.45) is 2.87. The summed E-state index contributed by atoms with van der Waals surface area (Å²) in [5.41, 5.74) is 1.59. The van der Waals surface area contributed by atoms with E-state index in [1.807, 2.05) is 36.4 Å². The van der Waals surface area contributed by atoms with Crippen LogP contribution in [0.25, 0.3) is 16.8 Å². The molecule has 1 aliphatic rings. The van der Waals surface area contributed by atoms with E-state index in [1.165, 1.54) is 18.2 Å². The van der Waals surface area contributed by atoms with Gasteiger partial charge in [-0.25, -0.2) is 9.18 Å². The molecule has 0 spiro atoms. The zero-order valence-corrected chi connectivity index (χ0v) is 17.1. The van der Waals surface area contributed by atoms with Crippen molar-refractivity contribution in [1.29, 1.82) is 0 Å². The summed E-state index contributed by atoms with van der Waals surface area (Å²) in [5.74, 6) is -0.471. The van der Waals surface area contributed by atoms with Crippen molar-refractivity contribution in [2.75, 3.05) is 26.3 Å². The van der Waals surface area contributed by atoms with Gasteiger partial charge in [0.05, 0.1) is 18.2 Å². The number of hydrogen-bond acceptors (Lipinski definition) is 4. The minimum atomic E-state index is -0.506. The summed E-state index contributed by atoms with van der Waals surface area (Å²) in [4.78, 5) is 14.8. The van der Waals surface area contributed by atoms with E-state index < -0.39 is 11.8 Å². The van der Waals surface area contributed by atoms with Gasteiger partial charge in [-0.3, -0.25) is 4.90 Å². The number of halogens is 2.